The number of aromatic nitrogens is 1. The summed E-state index contributed by atoms with van der Waals surface area (Å²) in [6.07, 6.45) is 1.12. The van der Waals surface area contributed by atoms with E-state index >= 15 is 0 Å². The van der Waals surface area contributed by atoms with Gasteiger partial charge in [0, 0.05) is 11.1 Å². The second kappa shape index (κ2) is 3.98. The second-order valence-electron chi connectivity index (χ2n) is 2.83. The van der Waals surface area contributed by atoms with Crippen molar-refractivity contribution < 1.29 is 5.11 Å². The van der Waals surface area contributed by atoms with Crippen molar-refractivity contribution in [1.29, 1.82) is 0 Å². The Morgan fingerprint density at radius 3 is 2.64 bits per heavy atom. The third-order valence-electron chi connectivity index (χ3n) is 1.77. The number of hydrogen-bond acceptors (Lipinski definition) is 4. The lowest BCUT2D eigenvalue weighted by molar-refractivity contribution is 0.228. The first-order valence-corrected chi connectivity index (χ1v) is 6.03. The summed E-state index contributed by atoms with van der Waals surface area (Å²) in [7, 11) is 0. The highest BCUT2D eigenvalue weighted by atomic mass is 35.5. The molecule has 0 saturated heterocycles. The number of halogens is 1. The molecular formula is C9H8ClNOS2. The minimum atomic E-state index is -0.585. The Bertz CT molecular complexity index is 397. The van der Waals surface area contributed by atoms with Crippen LogP contribution in [0.2, 0.25) is 4.34 Å². The van der Waals surface area contributed by atoms with Crippen LogP contribution in [-0.4, -0.2) is 10.1 Å². The van der Waals surface area contributed by atoms with E-state index < -0.39 is 6.10 Å². The van der Waals surface area contributed by atoms with E-state index in [1.807, 2.05) is 13.0 Å². The maximum atomic E-state index is 9.94. The highest BCUT2D eigenvalue weighted by molar-refractivity contribution is 7.16. The fraction of sp³-hybridized carbons (Fsp3) is 0.222. The van der Waals surface area contributed by atoms with Crippen molar-refractivity contribution in [2.45, 2.75) is 13.0 Å². The molecule has 2 heterocycles. The van der Waals surface area contributed by atoms with Crippen LogP contribution >= 0.6 is 34.3 Å². The predicted molar refractivity (Wildman–Crippen MR) is 60.2 cm³/mol. The van der Waals surface area contributed by atoms with Gasteiger partial charge in [0.2, 0.25) is 0 Å². The van der Waals surface area contributed by atoms with Crippen molar-refractivity contribution in [2.75, 3.05) is 0 Å². The SMILES string of the molecule is Cc1ncc(C(O)c2ccc(Cl)s2)s1. The van der Waals surface area contributed by atoms with Crippen LogP contribution in [0.1, 0.15) is 20.9 Å². The average molecular weight is 246 g/mol. The van der Waals surface area contributed by atoms with E-state index in [-0.39, 0.29) is 0 Å². The van der Waals surface area contributed by atoms with Crippen molar-refractivity contribution in [2.24, 2.45) is 0 Å². The molecule has 5 heteroatoms. The van der Waals surface area contributed by atoms with E-state index in [0.29, 0.717) is 4.34 Å². The van der Waals surface area contributed by atoms with Gasteiger partial charge in [0.15, 0.2) is 0 Å². The summed E-state index contributed by atoms with van der Waals surface area (Å²) in [6, 6.07) is 3.63. The molecule has 1 atom stereocenters. The van der Waals surface area contributed by atoms with Gasteiger partial charge in [0.05, 0.1) is 14.2 Å². The number of hydrogen-bond donors (Lipinski definition) is 1. The largest absolute Gasteiger partial charge is 0.382 e. The zero-order chi connectivity index (χ0) is 10.1. The van der Waals surface area contributed by atoms with E-state index in [0.717, 1.165) is 14.8 Å². The number of thiazole rings is 1. The smallest absolute Gasteiger partial charge is 0.124 e. The van der Waals surface area contributed by atoms with Gasteiger partial charge in [-0.15, -0.1) is 22.7 Å². The fourth-order valence-corrected chi connectivity index (χ4v) is 3.05. The molecule has 2 aromatic heterocycles. The minimum absolute atomic E-state index is 0.585. The van der Waals surface area contributed by atoms with Crippen molar-refractivity contribution in [1.82, 2.24) is 4.98 Å². The lowest BCUT2D eigenvalue weighted by Crippen LogP contribution is -1.92. The average Bonchev–Trinajstić information content (AvgIpc) is 2.73. The first-order valence-electron chi connectivity index (χ1n) is 4.02. The van der Waals surface area contributed by atoms with Crippen LogP contribution in [0.4, 0.5) is 0 Å². The van der Waals surface area contributed by atoms with Crippen molar-refractivity contribution in [3.8, 4) is 0 Å². The van der Waals surface area contributed by atoms with Gasteiger partial charge < -0.3 is 5.11 Å². The molecular weight excluding hydrogens is 238 g/mol. The van der Waals surface area contributed by atoms with Gasteiger partial charge in [0.1, 0.15) is 6.10 Å². The van der Waals surface area contributed by atoms with E-state index in [9.17, 15) is 5.11 Å². The molecule has 0 amide bonds. The third-order valence-corrected chi connectivity index (χ3v) is 4.02. The van der Waals surface area contributed by atoms with E-state index in [1.165, 1.54) is 22.7 Å². The van der Waals surface area contributed by atoms with Crippen molar-refractivity contribution in [3.05, 3.63) is 37.4 Å². The fourth-order valence-electron chi connectivity index (χ4n) is 1.12. The van der Waals surface area contributed by atoms with Crippen LogP contribution in [-0.2, 0) is 0 Å². The maximum Gasteiger partial charge on any atom is 0.124 e. The lowest BCUT2D eigenvalue weighted by atomic mass is 10.3. The van der Waals surface area contributed by atoms with Crippen LogP contribution in [0.5, 0.6) is 0 Å². The zero-order valence-electron chi connectivity index (χ0n) is 7.40. The van der Waals surface area contributed by atoms with Crippen molar-refractivity contribution >= 4 is 34.3 Å². The molecule has 1 N–H and O–H groups in total. The van der Waals surface area contributed by atoms with Crippen molar-refractivity contribution in [3.63, 3.8) is 0 Å². The van der Waals surface area contributed by atoms with Crippen LogP contribution < -0.4 is 0 Å². The summed E-state index contributed by atoms with van der Waals surface area (Å²) in [5.74, 6) is 0. The topological polar surface area (TPSA) is 33.1 Å². The van der Waals surface area contributed by atoms with E-state index in [1.54, 1.807) is 12.3 Å². The van der Waals surface area contributed by atoms with Gasteiger partial charge in [-0.25, -0.2) is 4.98 Å². The second-order valence-corrected chi connectivity index (χ2v) is 5.84. The molecule has 0 aliphatic rings. The van der Waals surface area contributed by atoms with Crippen LogP contribution in [0.25, 0.3) is 0 Å². The van der Waals surface area contributed by atoms with Crippen LogP contribution in [0, 0.1) is 6.92 Å². The molecule has 14 heavy (non-hydrogen) atoms. The molecule has 0 saturated carbocycles. The lowest BCUT2D eigenvalue weighted by Gasteiger charge is -2.03. The quantitative estimate of drug-likeness (QED) is 0.881. The van der Waals surface area contributed by atoms with Gasteiger partial charge in [-0.1, -0.05) is 11.6 Å². The highest BCUT2D eigenvalue weighted by Crippen LogP contribution is 2.32. The molecule has 2 nitrogen and oxygen atoms in total. The summed E-state index contributed by atoms with van der Waals surface area (Å²) in [5.41, 5.74) is 0. The Labute approximate surface area is 94.8 Å². The minimum Gasteiger partial charge on any atom is -0.382 e. The normalized spacial score (nSPS) is 13.1. The summed E-state index contributed by atoms with van der Waals surface area (Å²) in [6.45, 7) is 1.92. The van der Waals surface area contributed by atoms with Gasteiger partial charge in [-0.3, -0.25) is 0 Å². The van der Waals surface area contributed by atoms with E-state index in [2.05, 4.69) is 4.98 Å². The number of aryl methyl sites for hydroxylation is 1. The molecule has 0 radical (unpaired) electrons. The summed E-state index contributed by atoms with van der Waals surface area (Å²) < 4.78 is 0.695. The molecule has 0 fully saturated rings. The number of nitrogens with zero attached hydrogens (tertiary/aromatic N) is 1. The maximum absolute atomic E-state index is 9.94. The monoisotopic (exact) mass is 245 g/mol. The number of aliphatic hydroxyl groups is 1. The molecule has 74 valence electrons. The zero-order valence-corrected chi connectivity index (χ0v) is 9.79. The van der Waals surface area contributed by atoms with Gasteiger partial charge in [-0.05, 0) is 19.1 Å². The molecule has 0 aromatic carbocycles. The Hall–Kier alpha value is -0.420. The van der Waals surface area contributed by atoms with Crippen LogP contribution in [0.15, 0.2) is 18.3 Å². The van der Waals surface area contributed by atoms with Crippen LogP contribution in [0.3, 0.4) is 0 Å². The molecule has 2 aromatic rings. The van der Waals surface area contributed by atoms with Gasteiger partial charge in [-0.2, -0.15) is 0 Å². The predicted octanol–water partition coefficient (Wildman–Crippen LogP) is 3.25. The molecule has 0 aliphatic heterocycles. The molecule has 0 bridgehead atoms. The highest BCUT2D eigenvalue weighted by Gasteiger charge is 2.14. The van der Waals surface area contributed by atoms with Gasteiger partial charge in [0.25, 0.3) is 0 Å². The molecule has 1 unspecified atom stereocenters. The number of thiophene rings is 1. The summed E-state index contributed by atoms with van der Waals surface area (Å²) >= 11 is 8.69. The Morgan fingerprint density at radius 2 is 2.14 bits per heavy atom. The first kappa shape index (κ1) is 10.1. The summed E-state index contributed by atoms with van der Waals surface area (Å²) in [5, 5.41) is 10.9. The number of rotatable bonds is 2. The Kier molecular flexibility index (Phi) is 2.88. The van der Waals surface area contributed by atoms with Gasteiger partial charge >= 0.3 is 0 Å². The third kappa shape index (κ3) is 1.98. The first-order chi connectivity index (χ1) is 6.66. The molecule has 0 aliphatic carbocycles. The molecule has 2 rings (SSSR count). The molecule has 0 spiro atoms. The van der Waals surface area contributed by atoms with E-state index in [4.69, 9.17) is 11.6 Å². The Morgan fingerprint density at radius 1 is 1.36 bits per heavy atom. The standard InChI is InChI=1S/C9H8ClNOS2/c1-5-11-4-7(13-5)9(12)6-2-3-8(10)14-6/h2-4,9,12H,1H3. The number of aliphatic hydroxyl groups excluding tert-OH is 1. The Balaban J connectivity index is 2.28. The summed E-state index contributed by atoms with van der Waals surface area (Å²) in [4.78, 5) is 5.82.